The van der Waals surface area contributed by atoms with Gasteiger partial charge in [-0.15, -0.1) is 0 Å². The van der Waals surface area contributed by atoms with Gasteiger partial charge in [0.2, 0.25) is 0 Å². The van der Waals surface area contributed by atoms with Gasteiger partial charge < -0.3 is 14.6 Å². The molecule has 0 bridgehead atoms. The first kappa shape index (κ1) is 25.6. The Labute approximate surface area is 219 Å². The summed E-state index contributed by atoms with van der Waals surface area (Å²) < 4.78 is 11.3. The van der Waals surface area contributed by atoms with Crippen molar-refractivity contribution in [1.29, 1.82) is 0 Å². The standard InChI is InChI=1S/C28H24N2O6S/c1-3-19-6-4-5-7-22(19)30-26(32)21(25(31)29-28(30)37)14-18-10-13-23(24(15-18)35-2)36-16-17-8-11-20(12-9-17)27(33)34/h4-15H,3,16H2,1-2H3,(H,33,34)(H,29,31,37)/b21-14-. The van der Waals surface area contributed by atoms with Crippen molar-refractivity contribution in [1.82, 2.24) is 5.32 Å². The van der Waals surface area contributed by atoms with Gasteiger partial charge in [-0.1, -0.05) is 43.3 Å². The van der Waals surface area contributed by atoms with Gasteiger partial charge in [0.05, 0.1) is 18.4 Å². The van der Waals surface area contributed by atoms with Crippen LogP contribution in [0.5, 0.6) is 11.5 Å². The Morgan fingerprint density at radius 3 is 2.46 bits per heavy atom. The third kappa shape index (κ3) is 5.52. The van der Waals surface area contributed by atoms with E-state index in [0.29, 0.717) is 29.2 Å². The molecule has 1 heterocycles. The van der Waals surface area contributed by atoms with E-state index in [0.717, 1.165) is 11.1 Å². The molecule has 8 nitrogen and oxygen atoms in total. The first-order chi connectivity index (χ1) is 17.8. The lowest BCUT2D eigenvalue weighted by atomic mass is 10.0. The van der Waals surface area contributed by atoms with Gasteiger partial charge in [-0.25, -0.2) is 4.79 Å². The minimum atomic E-state index is -0.997. The van der Waals surface area contributed by atoms with Crippen molar-refractivity contribution in [2.24, 2.45) is 0 Å². The highest BCUT2D eigenvalue weighted by Gasteiger charge is 2.35. The molecule has 0 radical (unpaired) electrons. The number of para-hydroxylation sites is 1. The summed E-state index contributed by atoms with van der Waals surface area (Å²) in [6.07, 6.45) is 2.18. The summed E-state index contributed by atoms with van der Waals surface area (Å²) in [5, 5.41) is 11.7. The highest BCUT2D eigenvalue weighted by Crippen LogP contribution is 2.31. The average molecular weight is 517 g/mol. The predicted octanol–water partition coefficient (Wildman–Crippen LogP) is 4.37. The Hall–Kier alpha value is -4.50. The number of aromatic carboxylic acids is 1. The molecule has 0 aromatic heterocycles. The van der Waals surface area contributed by atoms with Crippen LogP contribution in [0.1, 0.15) is 34.0 Å². The highest BCUT2D eigenvalue weighted by atomic mass is 32.1. The molecule has 1 aliphatic heterocycles. The number of amides is 2. The van der Waals surface area contributed by atoms with E-state index in [1.165, 1.54) is 30.2 Å². The summed E-state index contributed by atoms with van der Waals surface area (Å²) in [5.74, 6) is -1.23. The van der Waals surface area contributed by atoms with E-state index in [4.69, 9.17) is 26.8 Å². The van der Waals surface area contributed by atoms with Crippen LogP contribution in [-0.2, 0) is 22.6 Å². The Morgan fingerprint density at radius 2 is 1.78 bits per heavy atom. The number of benzene rings is 3. The number of hydrogen-bond acceptors (Lipinski definition) is 6. The number of methoxy groups -OCH3 is 1. The quantitative estimate of drug-likeness (QED) is 0.260. The number of thiocarbonyl (C=S) groups is 1. The molecule has 1 fully saturated rings. The number of carbonyl (C=O) groups excluding carboxylic acids is 2. The topological polar surface area (TPSA) is 105 Å². The fourth-order valence-corrected chi connectivity index (χ4v) is 4.14. The molecule has 0 spiro atoms. The molecule has 9 heteroatoms. The van der Waals surface area contributed by atoms with Crippen LogP contribution in [0.2, 0.25) is 0 Å². The number of ether oxygens (including phenoxy) is 2. The van der Waals surface area contributed by atoms with Crippen LogP contribution in [0.3, 0.4) is 0 Å². The smallest absolute Gasteiger partial charge is 0.335 e. The van der Waals surface area contributed by atoms with Gasteiger partial charge in [0.15, 0.2) is 16.6 Å². The van der Waals surface area contributed by atoms with E-state index in [-0.39, 0.29) is 22.9 Å². The lowest BCUT2D eigenvalue weighted by molar-refractivity contribution is -0.122. The molecule has 0 aliphatic carbocycles. The largest absolute Gasteiger partial charge is 0.493 e. The molecule has 1 saturated heterocycles. The molecular formula is C28H24N2O6S. The van der Waals surface area contributed by atoms with Gasteiger partial charge in [-0.3, -0.25) is 19.8 Å². The summed E-state index contributed by atoms with van der Waals surface area (Å²) >= 11 is 5.31. The van der Waals surface area contributed by atoms with E-state index in [1.807, 2.05) is 25.1 Å². The minimum absolute atomic E-state index is 0.0331. The molecular weight excluding hydrogens is 492 g/mol. The fraction of sp³-hybridized carbons (Fsp3) is 0.143. The first-order valence-electron chi connectivity index (χ1n) is 11.4. The van der Waals surface area contributed by atoms with Crippen LogP contribution in [-0.4, -0.2) is 35.1 Å². The van der Waals surface area contributed by atoms with Crippen molar-refractivity contribution in [3.8, 4) is 11.5 Å². The normalized spacial score (nSPS) is 14.5. The van der Waals surface area contributed by atoms with Gasteiger partial charge in [0, 0.05) is 0 Å². The summed E-state index contributed by atoms with van der Waals surface area (Å²) in [4.78, 5) is 38.4. The number of aryl methyl sites for hydroxylation is 1. The molecule has 0 saturated carbocycles. The molecule has 2 N–H and O–H groups in total. The molecule has 3 aromatic rings. The van der Waals surface area contributed by atoms with Crippen LogP contribution in [0.25, 0.3) is 6.08 Å². The number of carboxylic acid groups (broad SMARTS) is 1. The predicted molar refractivity (Wildman–Crippen MR) is 143 cm³/mol. The van der Waals surface area contributed by atoms with Crippen LogP contribution < -0.4 is 19.7 Å². The van der Waals surface area contributed by atoms with Gasteiger partial charge >= 0.3 is 5.97 Å². The van der Waals surface area contributed by atoms with Gasteiger partial charge in [0.1, 0.15) is 12.2 Å². The SMILES string of the molecule is CCc1ccccc1N1C(=O)/C(=C\c2ccc(OCc3ccc(C(=O)O)cc3)c(OC)c2)C(=O)NC1=S. The maximum Gasteiger partial charge on any atom is 0.335 e. The summed E-state index contributed by atoms with van der Waals surface area (Å²) in [6.45, 7) is 2.17. The Bertz CT molecular complexity index is 1410. The third-order valence-electron chi connectivity index (χ3n) is 5.81. The molecule has 37 heavy (non-hydrogen) atoms. The lowest BCUT2D eigenvalue weighted by Gasteiger charge is -2.30. The first-order valence-corrected chi connectivity index (χ1v) is 11.9. The van der Waals surface area contributed by atoms with Crippen LogP contribution in [0.15, 0.2) is 72.3 Å². The van der Waals surface area contributed by atoms with Crippen molar-refractivity contribution in [2.75, 3.05) is 12.0 Å². The molecule has 0 atom stereocenters. The van der Waals surface area contributed by atoms with Crippen molar-refractivity contribution < 1.29 is 29.0 Å². The van der Waals surface area contributed by atoms with Crippen molar-refractivity contribution in [3.63, 3.8) is 0 Å². The minimum Gasteiger partial charge on any atom is -0.493 e. The zero-order valence-electron chi connectivity index (χ0n) is 20.2. The molecule has 1 aliphatic rings. The Balaban J connectivity index is 1.57. The average Bonchev–Trinajstić information content (AvgIpc) is 2.90. The second-order valence-corrected chi connectivity index (χ2v) is 8.53. The highest BCUT2D eigenvalue weighted by molar-refractivity contribution is 7.80. The monoisotopic (exact) mass is 516 g/mol. The van der Waals surface area contributed by atoms with Gasteiger partial charge in [-0.2, -0.15) is 0 Å². The second-order valence-electron chi connectivity index (χ2n) is 8.14. The van der Waals surface area contributed by atoms with E-state index in [2.05, 4.69) is 5.32 Å². The van der Waals surface area contributed by atoms with E-state index in [9.17, 15) is 14.4 Å². The molecule has 3 aromatic carbocycles. The lowest BCUT2D eigenvalue weighted by Crippen LogP contribution is -2.54. The van der Waals surface area contributed by atoms with Gasteiger partial charge in [0.25, 0.3) is 11.8 Å². The van der Waals surface area contributed by atoms with Crippen LogP contribution in [0.4, 0.5) is 5.69 Å². The number of rotatable bonds is 8. The number of nitrogens with one attached hydrogen (secondary N) is 1. The number of anilines is 1. The molecule has 4 rings (SSSR count). The van der Waals surface area contributed by atoms with Crippen molar-refractivity contribution >= 4 is 46.9 Å². The Kier molecular flexibility index (Phi) is 7.64. The van der Waals surface area contributed by atoms with Crippen molar-refractivity contribution in [2.45, 2.75) is 20.0 Å². The van der Waals surface area contributed by atoms with Crippen LogP contribution in [0, 0.1) is 0 Å². The van der Waals surface area contributed by atoms with Gasteiger partial charge in [-0.05, 0) is 71.7 Å². The number of carbonyl (C=O) groups is 3. The maximum absolute atomic E-state index is 13.4. The third-order valence-corrected chi connectivity index (χ3v) is 6.09. The molecule has 0 unspecified atom stereocenters. The zero-order chi connectivity index (χ0) is 26.5. The number of carboxylic acids is 1. The maximum atomic E-state index is 13.4. The van der Waals surface area contributed by atoms with E-state index < -0.39 is 17.8 Å². The molecule has 2 amide bonds. The fourth-order valence-electron chi connectivity index (χ4n) is 3.87. The van der Waals surface area contributed by atoms with Crippen molar-refractivity contribution in [3.05, 3.63) is 94.6 Å². The Morgan fingerprint density at radius 1 is 1.05 bits per heavy atom. The second kappa shape index (κ2) is 11.0. The number of nitrogens with zero attached hydrogens (tertiary/aromatic N) is 1. The number of hydrogen-bond donors (Lipinski definition) is 2. The summed E-state index contributed by atoms with van der Waals surface area (Å²) in [7, 11) is 1.49. The summed E-state index contributed by atoms with van der Waals surface area (Å²) in [6, 6.07) is 18.8. The van der Waals surface area contributed by atoms with E-state index in [1.54, 1.807) is 36.4 Å². The van der Waals surface area contributed by atoms with E-state index >= 15 is 0 Å². The molecule has 188 valence electrons. The van der Waals surface area contributed by atoms with Crippen LogP contribution >= 0.6 is 12.2 Å². The summed E-state index contributed by atoms with van der Waals surface area (Å²) in [5.41, 5.74) is 3.03. The zero-order valence-corrected chi connectivity index (χ0v) is 21.0.